The molecule has 0 amide bonds. The van der Waals surface area contributed by atoms with Crippen LogP contribution < -0.4 is 10.2 Å². The Kier molecular flexibility index (Phi) is 65.6. The van der Waals surface area contributed by atoms with E-state index in [1.807, 2.05) is 0 Å². The first-order valence-corrected chi connectivity index (χ1v) is 24.9. The maximum atomic E-state index is 10.3. The van der Waals surface area contributed by atoms with Gasteiger partial charge in [0.05, 0.1) is 0 Å². The predicted molar refractivity (Wildman–Crippen MR) is 244 cm³/mol. The summed E-state index contributed by atoms with van der Waals surface area (Å²) in [6.45, 7) is 6.78. The Morgan fingerprint density at radius 1 is 0.281 bits per heavy atom. The molecule has 0 heterocycles. The van der Waals surface area contributed by atoms with Crippen LogP contribution in [0.4, 0.5) is 0 Å². The third-order valence-electron chi connectivity index (χ3n) is 11.0. The molecule has 0 aromatic heterocycles. The Balaban J connectivity index is -0.000000369. The SMILES string of the molecule is CCCCCCCCCCCCCC(=O)O.CCCCCCCCCCCCCCCCCC(=O)[O-].CCCCCCCCCCCCCCCCCC(=O)[O-].[Mg+2]. The van der Waals surface area contributed by atoms with Gasteiger partial charge in [0.2, 0.25) is 0 Å². The van der Waals surface area contributed by atoms with Gasteiger partial charge in [-0.25, -0.2) is 0 Å². The quantitative estimate of drug-likeness (QED) is 0.0483. The van der Waals surface area contributed by atoms with Gasteiger partial charge in [0.15, 0.2) is 0 Å². The van der Waals surface area contributed by atoms with Gasteiger partial charge in [-0.15, -0.1) is 0 Å². The maximum Gasteiger partial charge on any atom is 2.00 e. The van der Waals surface area contributed by atoms with Gasteiger partial charge in [0, 0.05) is 18.4 Å². The largest absolute Gasteiger partial charge is 2.00 e. The van der Waals surface area contributed by atoms with Crippen LogP contribution in [0.15, 0.2) is 0 Å². The van der Waals surface area contributed by atoms with Crippen LogP contribution in [-0.4, -0.2) is 46.1 Å². The molecule has 0 fully saturated rings. The maximum absolute atomic E-state index is 10.3. The minimum absolute atomic E-state index is 0. The van der Waals surface area contributed by atoms with E-state index in [-0.39, 0.29) is 35.9 Å². The minimum atomic E-state index is -0.903. The minimum Gasteiger partial charge on any atom is -0.550 e. The Morgan fingerprint density at radius 2 is 0.421 bits per heavy atom. The van der Waals surface area contributed by atoms with Crippen LogP contribution in [-0.2, 0) is 14.4 Å². The van der Waals surface area contributed by atoms with Crippen molar-refractivity contribution < 1.29 is 29.7 Å². The summed E-state index contributed by atoms with van der Waals surface area (Å²) < 4.78 is 0. The number of aliphatic carboxylic acids is 3. The van der Waals surface area contributed by atoms with Crippen molar-refractivity contribution in [1.82, 2.24) is 0 Å². The number of carboxylic acids is 3. The van der Waals surface area contributed by atoms with Gasteiger partial charge in [0.25, 0.3) is 0 Å². The molecule has 0 bridgehead atoms. The van der Waals surface area contributed by atoms with E-state index in [2.05, 4.69) is 20.8 Å². The molecule has 336 valence electrons. The van der Waals surface area contributed by atoms with Crippen LogP contribution in [0.3, 0.4) is 0 Å². The fraction of sp³-hybridized carbons (Fsp3) is 0.940. The van der Waals surface area contributed by atoms with Crippen molar-refractivity contribution in [3.05, 3.63) is 0 Å². The molecule has 0 aliphatic heterocycles. The van der Waals surface area contributed by atoms with Crippen molar-refractivity contribution >= 4 is 41.0 Å². The fourth-order valence-electron chi connectivity index (χ4n) is 7.22. The van der Waals surface area contributed by atoms with Crippen molar-refractivity contribution in [2.75, 3.05) is 0 Å². The summed E-state index contributed by atoms with van der Waals surface area (Å²) in [5, 5.41) is 28.9. The summed E-state index contributed by atoms with van der Waals surface area (Å²) >= 11 is 0. The van der Waals surface area contributed by atoms with Crippen LogP contribution in [0.2, 0.25) is 0 Å². The first kappa shape index (κ1) is 62.8. The van der Waals surface area contributed by atoms with Crippen molar-refractivity contribution in [1.29, 1.82) is 0 Å². The zero-order chi connectivity index (χ0) is 41.8. The normalized spacial score (nSPS) is 10.6. The first-order valence-electron chi connectivity index (χ1n) is 24.9. The molecule has 6 nitrogen and oxygen atoms in total. The van der Waals surface area contributed by atoms with Crippen LogP contribution in [0.25, 0.3) is 0 Å². The van der Waals surface area contributed by atoms with Gasteiger partial charge in [-0.1, -0.05) is 265 Å². The van der Waals surface area contributed by atoms with Crippen molar-refractivity contribution in [2.24, 2.45) is 0 Å². The zero-order valence-electron chi connectivity index (χ0n) is 38.8. The Labute approximate surface area is 372 Å². The summed E-state index contributed by atoms with van der Waals surface area (Å²) in [5.41, 5.74) is 0. The molecule has 0 spiro atoms. The van der Waals surface area contributed by atoms with E-state index in [9.17, 15) is 24.6 Å². The number of hydrogen-bond acceptors (Lipinski definition) is 5. The predicted octanol–water partition coefficient (Wildman–Crippen LogP) is 14.4. The van der Waals surface area contributed by atoms with Crippen LogP contribution in [0, 0.1) is 0 Å². The third kappa shape index (κ3) is 73.2. The summed E-state index contributed by atoms with van der Waals surface area (Å²) in [6, 6.07) is 0. The second kappa shape index (κ2) is 59.5. The van der Waals surface area contributed by atoms with Crippen molar-refractivity contribution in [3.63, 3.8) is 0 Å². The second-order valence-corrected chi connectivity index (χ2v) is 16.8. The van der Waals surface area contributed by atoms with Gasteiger partial charge in [-0.3, -0.25) is 4.79 Å². The fourth-order valence-corrected chi connectivity index (χ4v) is 7.22. The van der Waals surface area contributed by atoms with Gasteiger partial charge >= 0.3 is 29.0 Å². The molecule has 0 saturated carbocycles. The second-order valence-electron chi connectivity index (χ2n) is 16.8. The number of hydrogen-bond donors (Lipinski definition) is 1. The number of carboxylic acid groups (broad SMARTS) is 3. The molecule has 0 aliphatic rings. The van der Waals surface area contributed by atoms with Crippen molar-refractivity contribution in [3.8, 4) is 0 Å². The summed E-state index contributed by atoms with van der Waals surface area (Å²) in [5.74, 6) is -2.46. The first-order chi connectivity index (χ1) is 27.3. The van der Waals surface area contributed by atoms with E-state index in [4.69, 9.17) is 5.11 Å². The third-order valence-corrected chi connectivity index (χ3v) is 11.0. The van der Waals surface area contributed by atoms with Gasteiger partial charge < -0.3 is 24.9 Å². The molecule has 0 aromatic carbocycles. The smallest absolute Gasteiger partial charge is 0.550 e. The van der Waals surface area contributed by atoms with Crippen LogP contribution in [0.5, 0.6) is 0 Å². The van der Waals surface area contributed by atoms with E-state index >= 15 is 0 Å². The number of rotatable bonds is 44. The van der Waals surface area contributed by atoms with Gasteiger partial charge in [0.1, 0.15) is 0 Å². The molecule has 0 saturated heterocycles. The average Bonchev–Trinajstić information content (AvgIpc) is 3.17. The monoisotopic (exact) mass is 819 g/mol. The van der Waals surface area contributed by atoms with Gasteiger partial charge in [-0.2, -0.15) is 0 Å². The van der Waals surface area contributed by atoms with Crippen LogP contribution in [0.1, 0.15) is 303 Å². The molecule has 0 aliphatic carbocycles. The number of carbonyl (C=O) groups excluding carboxylic acids is 2. The van der Waals surface area contributed by atoms with E-state index in [1.165, 1.54) is 225 Å². The number of carbonyl (C=O) groups is 3. The Hall–Kier alpha value is -0.824. The molecule has 0 aromatic rings. The van der Waals surface area contributed by atoms with Crippen LogP contribution >= 0.6 is 0 Å². The molecular formula is C50H98MgO6. The average molecular weight is 820 g/mol. The molecule has 0 unspecified atom stereocenters. The van der Waals surface area contributed by atoms with Crippen molar-refractivity contribution in [2.45, 2.75) is 303 Å². The molecule has 7 heteroatoms. The molecular weight excluding hydrogens is 721 g/mol. The van der Waals surface area contributed by atoms with E-state index in [0.29, 0.717) is 6.42 Å². The standard InChI is InChI=1S/2C18H36O2.C14H28O2.Mg/c2*1-2-3-4-5-6-7-8-9-10-11-12-13-14-15-16-17-18(19)20;1-2-3-4-5-6-7-8-9-10-11-12-13-14(15)16;/h2*2-17H2,1H3,(H,19,20);2-13H2,1H3,(H,15,16);/q;;;+2/p-2. The zero-order valence-corrected chi connectivity index (χ0v) is 40.2. The molecule has 0 atom stereocenters. The molecule has 0 rings (SSSR count). The molecule has 0 radical (unpaired) electrons. The van der Waals surface area contributed by atoms with E-state index in [0.717, 1.165) is 38.5 Å². The van der Waals surface area contributed by atoms with E-state index in [1.54, 1.807) is 0 Å². The van der Waals surface area contributed by atoms with Gasteiger partial charge in [-0.05, 0) is 32.1 Å². The van der Waals surface area contributed by atoms with E-state index < -0.39 is 17.9 Å². The number of unbranched alkanes of at least 4 members (excludes halogenated alkanes) is 38. The molecule has 57 heavy (non-hydrogen) atoms. The summed E-state index contributed by atoms with van der Waals surface area (Å²) in [7, 11) is 0. The summed E-state index contributed by atoms with van der Waals surface area (Å²) in [6.07, 6.45) is 54.1. The summed E-state index contributed by atoms with van der Waals surface area (Å²) in [4.78, 5) is 30.7. The molecule has 1 N–H and O–H groups in total. The Morgan fingerprint density at radius 3 is 0.561 bits per heavy atom. The Bertz CT molecular complexity index is 717. The topological polar surface area (TPSA) is 118 Å².